The number of hydrogen-bond donors (Lipinski definition) is 3. The minimum atomic E-state index is -0.619. The van der Waals surface area contributed by atoms with Crippen molar-refractivity contribution in [3.05, 3.63) is 35.9 Å². The highest BCUT2D eigenvalue weighted by atomic mass is 16.2. The van der Waals surface area contributed by atoms with Crippen LogP contribution in [-0.2, 0) is 9.59 Å². The number of amides is 3. The monoisotopic (exact) mass is 319 g/mol. The molecule has 0 bridgehead atoms. The summed E-state index contributed by atoms with van der Waals surface area (Å²) in [6.07, 6.45) is 0. The van der Waals surface area contributed by atoms with Gasteiger partial charge < -0.3 is 16.0 Å². The summed E-state index contributed by atoms with van der Waals surface area (Å²) in [5, 5.41) is 8.05. The first-order valence-corrected chi connectivity index (χ1v) is 7.63. The summed E-state index contributed by atoms with van der Waals surface area (Å²) in [6, 6.07) is 8.24. The summed E-state index contributed by atoms with van der Waals surface area (Å²) >= 11 is 0. The number of nitrogens with one attached hydrogen (secondary N) is 3. The average molecular weight is 319 g/mol. The van der Waals surface area contributed by atoms with Crippen LogP contribution < -0.4 is 16.0 Å². The number of benzene rings is 1. The van der Waals surface area contributed by atoms with Gasteiger partial charge in [0.25, 0.3) is 5.91 Å². The molecule has 0 fully saturated rings. The summed E-state index contributed by atoms with van der Waals surface area (Å²) in [5.74, 6) is -0.650. The van der Waals surface area contributed by atoms with Crippen molar-refractivity contribution in [2.75, 3.05) is 13.1 Å². The first-order valence-electron chi connectivity index (χ1n) is 7.63. The van der Waals surface area contributed by atoms with Crippen LogP contribution in [0.4, 0.5) is 0 Å². The van der Waals surface area contributed by atoms with Gasteiger partial charge in [0.2, 0.25) is 11.8 Å². The van der Waals surface area contributed by atoms with E-state index in [9.17, 15) is 14.4 Å². The third-order valence-corrected chi connectivity index (χ3v) is 3.17. The molecule has 1 rings (SSSR count). The van der Waals surface area contributed by atoms with Crippen molar-refractivity contribution in [3.63, 3.8) is 0 Å². The molecule has 0 aliphatic carbocycles. The Morgan fingerprint density at radius 1 is 1.00 bits per heavy atom. The Labute approximate surface area is 137 Å². The maximum Gasteiger partial charge on any atom is 0.251 e. The molecule has 0 unspecified atom stereocenters. The van der Waals surface area contributed by atoms with E-state index in [0.717, 1.165) is 0 Å². The second-order valence-corrected chi connectivity index (χ2v) is 6.36. The number of carbonyl (C=O) groups excluding carboxylic acids is 3. The van der Waals surface area contributed by atoms with Crippen LogP contribution >= 0.6 is 0 Å². The Balaban J connectivity index is 2.29. The molecular formula is C17H25N3O3. The van der Waals surface area contributed by atoms with E-state index in [1.807, 2.05) is 6.07 Å². The molecule has 6 heteroatoms. The number of rotatable bonds is 6. The Morgan fingerprint density at radius 3 is 2.13 bits per heavy atom. The van der Waals surface area contributed by atoms with Crippen LogP contribution in [0.5, 0.6) is 0 Å². The van der Waals surface area contributed by atoms with Gasteiger partial charge in [-0.1, -0.05) is 39.0 Å². The van der Waals surface area contributed by atoms with Gasteiger partial charge in [0.15, 0.2) is 0 Å². The summed E-state index contributed by atoms with van der Waals surface area (Å²) < 4.78 is 0. The third kappa shape index (κ3) is 6.50. The third-order valence-electron chi connectivity index (χ3n) is 3.17. The van der Waals surface area contributed by atoms with E-state index < -0.39 is 11.5 Å². The molecule has 0 aromatic heterocycles. The summed E-state index contributed by atoms with van der Waals surface area (Å²) in [7, 11) is 0. The SMILES string of the molecule is C[C@H](NC(=O)C(C)(C)C)C(=O)NCCNC(=O)c1ccccc1. The second-order valence-electron chi connectivity index (χ2n) is 6.36. The van der Waals surface area contributed by atoms with Crippen molar-refractivity contribution >= 4 is 17.7 Å². The molecule has 126 valence electrons. The normalized spacial score (nSPS) is 12.2. The average Bonchev–Trinajstić information content (AvgIpc) is 2.50. The summed E-state index contributed by atoms with van der Waals surface area (Å²) in [5.41, 5.74) is 0.0303. The first-order chi connectivity index (χ1) is 10.7. The molecule has 3 N–H and O–H groups in total. The molecule has 6 nitrogen and oxygen atoms in total. The predicted octanol–water partition coefficient (Wildman–Crippen LogP) is 1.08. The number of hydrogen-bond acceptors (Lipinski definition) is 3. The second kappa shape index (κ2) is 8.31. The lowest BCUT2D eigenvalue weighted by molar-refractivity contribution is -0.133. The van der Waals surface area contributed by atoms with E-state index in [-0.39, 0.29) is 17.7 Å². The summed E-state index contributed by atoms with van der Waals surface area (Å²) in [6.45, 7) is 7.60. The molecule has 0 spiro atoms. The molecule has 23 heavy (non-hydrogen) atoms. The first kappa shape index (κ1) is 18.7. The molecule has 0 saturated heterocycles. The van der Waals surface area contributed by atoms with Crippen LogP contribution in [0.2, 0.25) is 0 Å². The molecule has 3 amide bonds. The van der Waals surface area contributed by atoms with Crippen molar-refractivity contribution in [1.82, 2.24) is 16.0 Å². The van der Waals surface area contributed by atoms with Gasteiger partial charge in [-0.3, -0.25) is 14.4 Å². The number of carbonyl (C=O) groups is 3. The molecule has 1 aromatic rings. The van der Waals surface area contributed by atoms with Crippen LogP contribution in [0.1, 0.15) is 38.1 Å². The molecule has 0 aliphatic rings. The minimum absolute atomic E-state index is 0.183. The van der Waals surface area contributed by atoms with Gasteiger partial charge in [-0.2, -0.15) is 0 Å². The van der Waals surface area contributed by atoms with Gasteiger partial charge in [0.05, 0.1) is 0 Å². The van der Waals surface area contributed by atoms with Crippen molar-refractivity contribution in [1.29, 1.82) is 0 Å². The van der Waals surface area contributed by atoms with Crippen LogP contribution in [0, 0.1) is 5.41 Å². The summed E-state index contributed by atoms with van der Waals surface area (Å²) in [4.78, 5) is 35.5. The Kier molecular flexibility index (Phi) is 6.75. The topological polar surface area (TPSA) is 87.3 Å². The van der Waals surface area contributed by atoms with Crippen LogP contribution in [0.3, 0.4) is 0 Å². The quantitative estimate of drug-likeness (QED) is 0.686. The van der Waals surface area contributed by atoms with Crippen molar-refractivity contribution in [2.24, 2.45) is 5.41 Å². The highest BCUT2D eigenvalue weighted by Crippen LogP contribution is 2.12. The molecule has 0 radical (unpaired) electrons. The lowest BCUT2D eigenvalue weighted by Gasteiger charge is -2.21. The Hall–Kier alpha value is -2.37. The van der Waals surface area contributed by atoms with E-state index in [4.69, 9.17) is 0 Å². The van der Waals surface area contributed by atoms with Crippen molar-refractivity contribution < 1.29 is 14.4 Å². The van der Waals surface area contributed by atoms with Gasteiger partial charge >= 0.3 is 0 Å². The van der Waals surface area contributed by atoms with Crippen LogP contribution in [0.15, 0.2) is 30.3 Å². The van der Waals surface area contributed by atoms with E-state index in [1.54, 1.807) is 52.0 Å². The standard InChI is InChI=1S/C17H25N3O3/c1-12(20-16(23)17(2,3)4)14(21)18-10-11-19-15(22)13-8-6-5-7-9-13/h5-9,12H,10-11H2,1-4H3,(H,18,21)(H,19,22)(H,20,23)/t12-/m0/s1. The highest BCUT2D eigenvalue weighted by molar-refractivity contribution is 5.94. The maximum absolute atomic E-state index is 11.9. The molecule has 0 aliphatic heterocycles. The largest absolute Gasteiger partial charge is 0.353 e. The van der Waals surface area contributed by atoms with E-state index in [2.05, 4.69) is 16.0 Å². The van der Waals surface area contributed by atoms with Gasteiger partial charge in [0.1, 0.15) is 6.04 Å². The fraction of sp³-hybridized carbons (Fsp3) is 0.471. The van der Waals surface area contributed by atoms with E-state index in [1.165, 1.54) is 0 Å². The molecular weight excluding hydrogens is 294 g/mol. The van der Waals surface area contributed by atoms with Gasteiger partial charge in [-0.15, -0.1) is 0 Å². The Morgan fingerprint density at radius 2 is 1.57 bits per heavy atom. The van der Waals surface area contributed by atoms with Crippen molar-refractivity contribution in [2.45, 2.75) is 33.7 Å². The van der Waals surface area contributed by atoms with Gasteiger partial charge in [-0.05, 0) is 19.1 Å². The lowest BCUT2D eigenvalue weighted by Crippen LogP contribution is -2.49. The van der Waals surface area contributed by atoms with Gasteiger partial charge in [0, 0.05) is 24.1 Å². The predicted molar refractivity (Wildman–Crippen MR) is 88.8 cm³/mol. The van der Waals surface area contributed by atoms with Crippen molar-refractivity contribution in [3.8, 4) is 0 Å². The molecule has 0 heterocycles. The zero-order chi connectivity index (χ0) is 17.5. The van der Waals surface area contributed by atoms with Gasteiger partial charge in [-0.25, -0.2) is 0 Å². The zero-order valence-electron chi connectivity index (χ0n) is 14.1. The lowest BCUT2D eigenvalue weighted by atomic mass is 9.95. The fourth-order valence-electron chi connectivity index (χ4n) is 1.69. The fourth-order valence-corrected chi connectivity index (χ4v) is 1.69. The van der Waals surface area contributed by atoms with E-state index in [0.29, 0.717) is 18.7 Å². The zero-order valence-corrected chi connectivity index (χ0v) is 14.1. The van der Waals surface area contributed by atoms with E-state index >= 15 is 0 Å². The molecule has 0 saturated carbocycles. The Bertz CT molecular complexity index is 550. The van der Waals surface area contributed by atoms with Crippen LogP contribution in [0.25, 0.3) is 0 Å². The van der Waals surface area contributed by atoms with Crippen LogP contribution in [-0.4, -0.2) is 36.9 Å². The maximum atomic E-state index is 11.9. The molecule has 1 atom stereocenters. The minimum Gasteiger partial charge on any atom is -0.353 e. The molecule has 1 aromatic carbocycles. The highest BCUT2D eigenvalue weighted by Gasteiger charge is 2.24. The smallest absolute Gasteiger partial charge is 0.251 e.